The Morgan fingerprint density at radius 3 is 2.60 bits per heavy atom. The fourth-order valence-electron chi connectivity index (χ4n) is 1.33. The summed E-state index contributed by atoms with van der Waals surface area (Å²) in [6, 6.07) is 0. The molecule has 0 aromatic carbocycles. The quantitative estimate of drug-likeness (QED) is 0.560. The highest BCUT2D eigenvalue weighted by molar-refractivity contribution is 14.1. The minimum absolute atomic E-state index is 0.152. The van der Waals surface area contributed by atoms with Crippen molar-refractivity contribution in [2.24, 2.45) is 0 Å². The molecule has 78 valence electrons. The highest BCUT2D eigenvalue weighted by Gasteiger charge is 2.24. The minimum atomic E-state index is -0.305. The van der Waals surface area contributed by atoms with Gasteiger partial charge in [0.2, 0.25) is 11.8 Å². The summed E-state index contributed by atoms with van der Waals surface area (Å²) >= 11 is 2.07. The zero-order chi connectivity index (χ0) is 10.8. The van der Waals surface area contributed by atoms with Crippen LogP contribution in [-0.2, 0) is 9.59 Å². The highest BCUT2D eigenvalue weighted by Crippen LogP contribution is 2.18. The normalized spacial score (nSPS) is 16.5. The Balaban J connectivity index is 2.27. The van der Waals surface area contributed by atoms with Gasteiger partial charge < -0.3 is 4.90 Å². The summed E-state index contributed by atoms with van der Waals surface area (Å²) in [7, 11) is 0. The maximum absolute atomic E-state index is 11.1. The minimum Gasteiger partial charge on any atom is -0.337 e. The van der Waals surface area contributed by atoms with E-state index in [0.717, 1.165) is 3.57 Å². The number of halogens is 1. The van der Waals surface area contributed by atoms with Crippen LogP contribution >= 0.6 is 22.6 Å². The van der Waals surface area contributed by atoms with Crippen LogP contribution < -0.4 is 10.2 Å². The van der Waals surface area contributed by atoms with Gasteiger partial charge in [-0.05, 0) is 22.6 Å². The number of hydrogen-bond donors (Lipinski definition) is 1. The second-order valence-corrected chi connectivity index (χ2v) is 4.18. The van der Waals surface area contributed by atoms with Crippen molar-refractivity contribution >= 4 is 40.2 Å². The monoisotopic (exact) mass is 318 g/mol. The van der Waals surface area contributed by atoms with Crippen LogP contribution in [-0.4, -0.2) is 34.9 Å². The van der Waals surface area contributed by atoms with Crippen LogP contribution in [0.3, 0.4) is 0 Å². The number of amides is 2. The van der Waals surface area contributed by atoms with Gasteiger partial charge in [0.05, 0.1) is 16.7 Å². The van der Waals surface area contributed by atoms with Crippen LogP contribution in [0.4, 0.5) is 5.82 Å². The molecule has 0 atom stereocenters. The molecule has 0 radical (unpaired) electrons. The van der Waals surface area contributed by atoms with Gasteiger partial charge in [-0.1, -0.05) is 0 Å². The molecule has 0 bridgehead atoms. The van der Waals surface area contributed by atoms with Gasteiger partial charge in [-0.2, -0.15) is 0 Å². The lowest BCUT2D eigenvalue weighted by atomic mass is 10.3. The van der Waals surface area contributed by atoms with E-state index < -0.39 is 0 Å². The van der Waals surface area contributed by atoms with Crippen LogP contribution in [0.2, 0.25) is 0 Å². The first-order valence-corrected chi connectivity index (χ1v) is 5.28. The van der Waals surface area contributed by atoms with E-state index in [2.05, 4.69) is 37.9 Å². The van der Waals surface area contributed by atoms with Gasteiger partial charge in [-0.25, -0.2) is 9.97 Å². The van der Waals surface area contributed by atoms with Crippen molar-refractivity contribution in [2.45, 2.75) is 0 Å². The lowest BCUT2D eigenvalue weighted by molar-refractivity contribution is -0.130. The topological polar surface area (TPSA) is 75.2 Å². The van der Waals surface area contributed by atoms with Gasteiger partial charge in [-0.3, -0.25) is 14.9 Å². The Bertz CT molecular complexity index is 407. The molecule has 0 unspecified atom stereocenters. The van der Waals surface area contributed by atoms with E-state index in [9.17, 15) is 9.59 Å². The molecule has 2 rings (SSSR count). The maximum Gasteiger partial charge on any atom is 0.246 e. The Morgan fingerprint density at radius 2 is 2.00 bits per heavy atom. The summed E-state index contributed by atoms with van der Waals surface area (Å²) in [5, 5.41) is 2.23. The second-order valence-electron chi connectivity index (χ2n) is 3.02. The molecular weight excluding hydrogens is 311 g/mol. The third-order valence-electron chi connectivity index (χ3n) is 1.90. The third-order valence-corrected chi connectivity index (χ3v) is 2.66. The van der Waals surface area contributed by atoms with E-state index in [-0.39, 0.29) is 24.9 Å². The third kappa shape index (κ3) is 2.22. The lowest BCUT2D eigenvalue weighted by Gasteiger charge is -2.26. The van der Waals surface area contributed by atoms with Gasteiger partial charge in [0.15, 0.2) is 0 Å². The predicted octanol–water partition coefficient (Wildman–Crippen LogP) is -0.456. The van der Waals surface area contributed by atoms with Crippen molar-refractivity contribution in [3.8, 4) is 0 Å². The highest BCUT2D eigenvalue weighted by atomic mass is 127. The summed E-state index contributed by atoms with van der Waals surface area (Å²) in [5.41, 5.74) is 0. The Kier molecular flexibility index (Phi) is 2.80. The van der Waals surface area contributed by atoms with Crippen LogP contribution in [0.25, 0.3) is 0 Å². The number of carbonyl (C=O) groups excluding carboxylic acids is 2. The largest absolute Gasteiger partial charge is 0.337 e. The molecule has 15 heavy (non-hydrogen) atoms. The average Bonchev–Trinajstić information content (AvgIpc) is 2.16. The predicted molar refractivity (Wildman–Crippen MR) is 60.1 cm³/mol. The van der Waals surface area contributed by atoms with E-state index in [0.29, 0.717) is 5.82 Å². The summed E-state index contributed by atoms with van der Waals surface area (Å²) < 4.78 is 0.817. The average molecular weight is 318 g/mol. The molecule has 1 aromatic rings. The molecule has 1 fully saturated rings. The van der Waals surface area contributed by atoms with Gasteiger partial charge in [-0.15, -0.1) is 0 Å². The smallest absolute Gasteiger partial charge is 0.246 e. The molecule has 2 heterocycles. The summed E-state index contributed by atoms with van der Waals surface area (Å²) in [6.07, 6.45) is 3.04. The van der Waals surface area contributed by atoms with Crippen LogP contribution in [0.1, 0.15) is 0 Å². The fourth-order valence-corrected chi connectivity index (χ4v) is 1.97. The first kappa shape index (κ1) is 10.3. The van der Waals surface area contributed by atoms with Crippen LogP contribution in [0, 0.1) is 3.57 Å². The maximum atomic E-state index is 11.1. The number of piperazine rings is 1. The SMILES string of the molecule is O=C1CN(c2ncncc2I)CC(=O)N1. The van der Waals surface area contributed by atoms with E-state index >= 15 is 0 Å². The molecule has 1 aromatic heterocycles. The number of anilines is 1. The number of hydrogen-bond acceptors (Lipinski definition) is 5. The molecule has 6 nitrogen and oxygen atoms in total. The molecule has 1 aliphatic rings. The van der Waals surface area contributed by atoms with E-state index in [1.807, 2.05) is 0 Å². The van der Waals surface area contributed by atoms with E-state index in [1.54, 1.807) is 11.1 Å². The van der Waals surface area contributed by atoms with Crippen molar-refractivity contribution in [3.05, 3.63) is 16.1 Å². The second kappa shape index (κ2) is 4.09. The van der Waals surface area contributed by atoms with Gasteiger partial charge in [0, 0.05) is 6.20 Å². The number of aromatic nitrogens is 2. The van der Waals surface area contributed by atoms with Crippen molar-refractivity contribution < 1.29 is 9.59 Å². The molecule has 7 heteroatoms. The summed E-state index contributed by atoms with van der Waals surface area (Å²) in [5.74, 6) is 0.00937. The van der Waals surface area contributed by atoms with Crippen molar-refractivity contribution in [1.82, 2.24) is 15.3 Å². The summed E-state index contributed by atoms with van der Waals surface area (Å²) in [6.45, 7) is 0.303. The molecule has 1 N–H and O–H groups in total. The Labute approximate surface area is 99.2 Å². The zero-order valence-electron chi connectivity index (χ0n) is 7.61. The standard InChI is InChI=1S/C8H7IN4O2/c9-5-1-10-4-11-8(5)13-2-6(14)12-7(15)3-13/h1,4H,2-3H2,(H,12,14,15). The zero-order valence-corrected chi connectivity index (χ0v) is 9.76. The molecule has 0 spiro atoms. The Hall–Kier alpha value is -1.25. The van der Waals surface area contributed by atoms with Crippen LogP contribution in [0.15, 0.2) is 12.5 Å². The first-order chi connectivity index (χ1) is 7.16. The Morgan fingerprint density at radius 1 is 1.33 bits per heavy atom. The van der Waals surface area contributed by atoms with Gasteiger partial charge >= 0.3 is 0 Å². The van der Waals surface area contributed by atoms with Gasteiger partial charge in [0.25, 0.3) is 0 Å². The number of nitrogens with zero attached hydrogens (tertiary/aromatic N) is 3. The number of imide groups is 1. The van der Waals surface area contributed by atoms with Crippen molar-refractivity contribution in [3.63, 3.8) is 0 Å². The van der Waals surface area contributed by atoms with E-state index in [1.165, 1.54) is 6.33 Å². The molecule has 1 saturated heterocycles. The van der Waals surface area contributed by atoms with Crippen molar-refractivity contribution in [2.75, 3.05) is 18.0 Å². The fraction of sp³-hybridized carbons (Fsp3) is 0.250. The molecule has 2 amide bonds. The molecular formula is C8H7IN4O2. The molecule has 1 aliphatic heterocycles. The van der Waals surface area contributed by atoms with Crippen LogP contribution in [0.5, 0.6) is 0 Å². The van der Waals surface area contributed by atoms with E-state index in [4.69, 9.17) is 0 Å². The first-order valence-electron chi connectivity index (χ1n) is 4.20. The lowest BCUT2D eigenvalue weighted by Crippen LogP contribution is -2.52. The number of carbonyl (C=O) groups is 2. The summed E-state index contributed by atoms with van der Waals surface area (Å²) in [4.78, 5) is 31.8. The molecule has 0 saturated carbocycles. The van der Waals surface area contributed by atoms with Gasteiger partial charge in [0.1, 0.15) is 12.1 Å². The number of nitrogens with one attached hydrogen (secondary N) is 1. The number of rotatable bonds is 1. The van der Waals surface area contributed by atoms with Crippen molar-refractivity contribution in [1.29, 1.82) is 0 Å². The molecule has 0 aliphatic carbocycles.